The summed E-state index contributed by atoms with van der Waals surface area (Å²) < 4.78 is 5.90. The van der Waals surface area contributed by atoms with Gasteiger partial charge >= 0.3 is 0 Å². The van der Waals surface area contributed by atoms with E-state index < -0.39 is 29.9 Å². The zero-order chi connectivity index (χ0) is 27.2. The molecule has 0 radical (unpaired) electrons. The van der Waals surface area contributed by atoms with E-state index in [0.29, 0.717) is 6.42 Å². The molecule has 0 aromatic heterocycles. The van der Waals surface area contributed by atoms with Crippen LogP contribution in [0, 0.1) is 5.92 Å². The zero-order valence-electron chi connectivity index (χ0n) is 21.5. The van der Waals surface area contributed by atoms with Crippen LogP contribution in [0.1, 0.15) is 23.1 Å². The molecule has 1 unspecified atom stereocenters. The van der Waals surface area contributed by atoms with Crippen LogP contribution in [-0.2, 0) is 38.6 Å². The number of carbonyl (C=O) groups is 3. The topological polar surface area (TPSA) is 102 Å². The molecular weight excluding hydrogens is 490 g/mol. The number of rotatable bonds is 11. The molecule has 3 atom stereocenters. The summed E-state index contributed by atoms with van der Waals surface area (Å²) in [6, 6.07) is 32.2. The number of ketones is 1. The van der Waals surface area contributed by atoms with Gasteiger partial charge in [-0.05, 0) is 40.3 Å². The highest BCUT2D eigenvalue weighted by Crippen LogP contribution is 2.28. The van der Waals surface area contributed by atoms with Gasteiger partial charge in [-0.2, -0.15) is 0 Å². The Bertz CT molecular complexity index is 1460. The first-order valence-corrected chi connectivity index (χ1v) is 13.1. The lowest BCUT2D eigenvalue weighted by Gasteiger charge is -2.43. The Kier molecular flexibility index (Phi) is 8.10. The molecule has 0 bridgehead atoms. The van der Waals surface area contributed by atoms with Crippen molar-refractivity contribution in [3.8, 4) is 0 Å². The number of benzene rings is 4. The number of nitrogens with zero attached hydrogens (tertiary/aromatic N) is 1. The number of fused-ring (bicyclic) bond motifs is 1. The Morgan fingerprint density at radius 3 is 2.18 bits per heavy atom. The van der Waals surface area contributed by atoms with Crippen molar-refractivity contribution < 1.29 is 19.1 Å². The molecule has 0 spiro atoms. The minimum Gasteiger partial charge on any atom is -0.351 e. The maximum absolute atomic E-state index is 13.8. The van der Waals surface area contributed by atoms with E-state index in [2.05, 4.69) is 5.32 Å². The van der Waals surface area contributed by atoms with Gasteiger partial charge in [0.15, 0.2) is 12.0 Å². The van der Waals surface area contributed by atoms with Gasteiger partial charge in [-0.25, -0.2) is 10.9 Å². The van der Waals surface area contributed by atoms with E-state index in [-0.39, 0.29) is 25.4 Å². The Labute approximate surface area is 227 Å². The molecule has 2 amide bonds. The number of hydrogen-bond donors (Lipinski definition) is 2. The van der Waals surface area contributed by atoms with E-state index in [1.165, 1.54) is 0 Å². The van der Waals surface area contributed by atoms with Gasteiger partial charge in [0.2, 0.25) is 5.91 Å². The number of carbonyl (C=O) groups excluding carboxylic acids is 3. The fourth-order valence-corrected chi connectivity index (χ4v) is 4.89. The highest BCUT2D eigenvalue weighted by Gasteiger charge is 2.53. The fraction of sp³-hybridized carbons (Fsp3) is 0.219. The second-order valence-corrected chi connectivity index (χ2v) is 9.80. The molecule has 7 nitrogen and oxygen atoms in total. The van der Waals surface area contributed by atoms with E-state index in [9.17, 15) is 14.4 Å². The molecule has 1 saturated heterocycles. The lowest BCUT2D eigenvalue weighted by molar-refractivity contribution is -0.198. The number of β-lactam (4-membered cyclic amide) rings is 1. The van der Waals surface area contributed by atoms with Crippen molar-refractivity contribution in [2.45, 2.75) is 38.1 Å². The van der Waals surface area contributed by atoms with Crippen LogP contribution in [0.25, 0.3) is 10.8 Å². The van der Waals surface area contributed by atoms with Gasteiger partial charge in [0.25, 0.3) is 5.91 Å². The normalized spacial score (nSPS) is 17.5. The van der Waals surface area contributed by atoms with Crippen molar-refractivity contribution in [3.05, 3.63) is 120 Å². The fourth-order valence-electron chi connectivity index (χ4n) is 4.89. The van der Waals surface area contributed by atoms with Crippen LogP contribution >= 0.6 is 0 Å². The molecule has 0 saturated carbocycles. The predicted molar refractivity (Wildman–Crippen MR) is 149 cm³/mol. The third kappa shape index (κ3) is 6.22. The standard InChI is InChI=1S/C32H31N3O4/c33-35-31(38)29(32(35)39-21-23-11-5-2-6-12-23)30(37)27(34-28(36)18-16-22-9-3-1-4-10-22)20-24-15-17-25-13-7-8-14-26(25)19-24/h1-15,17,19,27,29,32H,16,18,20-21,33H2,(H,34,36)/t27-,29-,32?/m0/s1. The summed E-state index contributed by atoms with van der Waals surface area (Å²) in [6.07, 6.45) is 0.123. The zero-order valence-corrected chi connectivity index (χ0v) is 21.5. The molecule has 1 fully saturated rings. The summed E-state index contributed by atoms with van der Waals surface area (Å²) in [5.41, 5.74) is 2.82. The summed E-state index contributed by atoms with van der Waals surface area (Å²) in [5, 5.41) is 5.98. The van der Waals surface area contributed by atoms with Gasteiger partial charge in [-0.1, -0.05) is 103 Å². The second kappa shape index (κ2) is 12.0. The molecular formula is C32H31N3O4. The molecule has 5 rings (SSSR count). The maximum atomic E-state index is 13.8. The number of aryl methyl sites for hydroxylation is 1. The van der Waals surface area contributed by atoms with Crippen LogP contribution in [-0.4, -0.2) is 34.9 Å². The van der Waals surface area contributed by atoms with Crippen molar-refractivity contribution >= 4 is 28.4 Å². The quantitative estimate of drug-likeness (QED) is 0.135. The second-order valence-electron chi connectivity index (χ2n) is 9.80. The average molecular weight is 522 g/mol. The van der Waals surface area contributed by atoms with Gasteiger partial charge in [-0.15, -0.1) is 0 Å². The minimum atomic E-state index is -1.08. The molecule has 4 aromatic carbocycles. The molecule has 1 aliphatic rings. The summed E-state index contributed by atoms with van der Waals surface area (Å²) in [7, 11) is 0. The minimum absolute atomic E-state index is 0.203. The van der Waals surface area contributed by atoms with Crippen LogP contribution in [0.15, 0.2) is 103 Å². The van der Waals surface area contributed by atoms with Gasteiger partial charge in [0, 0.05) is 6.42 Å². The van der Waals surface area contributed by atoms with Crippen LogP contribution in [0.4, 0.5) is 0 Å². The largest absolute Gasteiger partial charge is 0.351 e. The first-order chi connectivity index (χ1) is 19.0. The Morgan fingerprint density at radius 1 is 0.821 bits per heavy atom. The highest BCUT2D eigenvalue weighted by molar-refractivity contribution is 6.08. The summed E-state index contributed by atoms with van der Waals surface area (Å²) >= 11 is 0. The SMILES string of the molecule is NN1C(=O)[C@H](C(=O)[C@H](Cc2ccc3ccccc3c2)NC(=O)CCc2ccccc2)C1OCc1ccccc1. The predicted octanol–water partition coefficient (Wildman–Crippen LogP) is 3.94. The molecule has 198 valence electrons. The van der Waals surface area contributed by atoms with E-state index in [1.54, 1.807) is 0 Å². The van der Waals surface area contributed by atoms with Crippen LogP contribution in [0.3, 0.4) is 0 Å². The summed E-state index contributed by atoms with van der Waals surface area (Å²) in [5.74, 6) is 3.65. The van der Waals surface area contributed by atoms with Gasteiger partial charge < -0.3 is 10.1 Å². The van der Waals surface area contributed by atoms with Gasteiger partial charge in [0.1, 0.15) is 5.92 Å². The number of amides is 2. The van der Waals surface area contributed by atoms with Crippen molar-refractivity contribution in [1.29, 1.82) is 0 Å². The van der Waals surface area contributed by atoms with E-state index in [1.807, 2.05) is 103 Å². The number of Topliss-reactive ketones (excluding diaryl/α,β-unsaturated/α-hetero) is 1. The van der Waals surface area contributed by atoms with E-state index in [4.69, 9.17) is 10.6 Å². The lowest BCUT2D eigenvalue weighted by atomic mass is 9.86. The number of hydrazine groups is 1. The summed E-state index contributed by atoms with van der Waals surface area (Å²) in [6.45, 7) is 0.203. The van der Waals surface area contributed by atoms with E-state index in [0.717, 1.165) is 32.5 Å². The number of nitrogens with two attached hydrogens (primary N) is 1. The Hall–Kier alpha value is -4.33. The smallest absolute Gasteiger partial charge is 0.254 e. The lowest BCUT2D eigenvalue weighted by Crippen LogP contribution is -2.69. The van der Waals surface area contributed by atoms with Gasteiger partial charge in [0.05, 0.1) is 12.6 Å². The Morgan fingerprint density at radius 2 is 1.46 bits per heavy atom. The van der Waals surface area contributed by atoms with Crippen LogP contribution in [0.5, 0.6) is 0 Å². The van der Waals surface area contributed by atoms with Gasteiger partial charge in [-0.3, -0.25) is 14.4 Å². The average Bonchev–Trinajstić information content (AvgIpc) is 2.98. The third-order valence-corrected chi connectivity index (χ3v) is 7.07. The van der Waals surface area contributed by atoms with E-state index >= 15 is 0 Å². The Balaban J connectivity index is 1.33. The first kappa shape index (κ1) is 26.3. The first-order valence-electron chi connectivity index (χ1n) is 13.1. The molecule has 39 heavy (non-hydrogen) atoms. The molecule has 1 aliphatic heterocycles. The monoisotopic (exact) mass is 521 g/mol. The number of ether oxygens (including phenoxy) is 1. The molecule has 3 N–H and O–H groups in total. The molecule has 4 aromatic rings. The maximum Gasteiger partial charge on any atom is 0.254 e. The van der Waals surface area contributed by atoms with Crippen molar-refractivity contribution in [2.24, 2.45) is 11.8 Å². The number of hydrogen-bond acceptors (Lipinski definition) is 5. The molecule has 0 aliphatic carbocycles. The number of nitrogens with one attached hydrogen (secondary N) is 1. The highest BCUT2D eigenvalue weighted by atomic mass is 16.5. The molecule has 1 heterocycles. The van der Waals surface area contributed by atoms with Crippen molar-refractivity contribution in [3.63, 3.8) is 0 Å². The van der Waals surface area contributed by atoms with Crippen LogP contribution < -0.4 is 11.2 Å². The van der Waals surface area contributed by atoms with Crippen molar-refractivity contribution in [1.82, 2.24) is 10.3 Å². The molecule has 7 heteroatoms. The van der Waals surface area contributed by atoms with Crippen molar-refractivity contribution in [2.75, 3.05) is 0 Å². The van der Waals surface area contributed by atoms with Crippen LogP contribution in [0.2, 0.25) is 0 Å². The third-order valence-electron chi connectivity index (χ3n) is 7.07. The summed E-state index contributed by atoms with van der Waals surface area (Å²) in [4.78, 5) is 39.5.